The van der Waals surface area contributed by atoms with Gasteiger partial charge in [-0.1, -0.05) is 38.3 Å². The van der Waals surface area contributed by atoms with Crippen LogP contribution < -0.4 is 4.74 Å². The zero-order valence-corrected chi connectivity index (χ0v) is 12.5. The summed E-state index contributed by atoms with van der Waals surface area (Å²) in [6.07, 6.45) is 7.04. The van der Waals surface area contributed by atoms with E-state index in [1.54, 1.807) is 0 Å². The molecule has 3 heteroatoms. The van der Waals surface area contributed by atoms with Crippen LogP contribution >= 0.6 is 11.8 Å². The molecule has 1 aromatic rings. The first-order chi connectivity index (χ1) is 9.36. The Morgan fingerprint density at radius 2 is 1.89 bits per heavy atom. The van der Waals surface area contributed by atoms with Gasteiger partial charge in [-0.05, 0) is 48.7 Å². The Kier molecular flexibility index (Phi) is 9.01. The number of hydrogen-bond donors (Lipinski definition) is 0. The van der Waals surface area contributed by atoms with Crippen LogP contribution in [0.1, 0.15) is 44.6 Å². The smallest absolute Gasteiger partial charge is 0.133 e. The molecule has 0 unspecified atom stereocenters. The van der Waals surface area contributed by atoms with Gasteiger partial charge in [0.05, 0.1) is 6.61 Å². The topological polar surface area (TPSA) is 33.0 Å². The lowest BCUT2D eigenvalue weighted by Gasteiger charge is -2.07. The molecule has 0 aliphatic rings. The first-order valence-electron chi connectivity index (χ1n) is 7.09. The van der Waals surface area contributed by atoms with E-state index < -0.39 is 0 Å². The number of rotatable bonds is 10. The minimum Gasteiger partial charge on any atom is -0.494 e. The van der Waals surface area contributed by atoms with Crippen LogP contribution in [0.4, 0.5) is 0 Å². The molecule has 0 amide bonds. The van der Waals surface area contributed by atoms with Gasteiger partial charge in [-0.3, -0.25) is 0 Å². The van der Waals surface area contributed by atoms with Gasteiger partial charge in [0.25, 0.3) is 0 Å². The second-order valence-electron chi connectivity index (χ2n) is 4.60. The van der Waals surface area contributed by atoms with Crippen LogP contribution in [-0.2, 0) is 6.42 Å². The van der Waals surface area contributed by atoms with Crippen LogP contribution in [-0.4, -0.2) is 12.4 Å². The Balaban J connectivity index is 2.18. The molecule has 0 saturated heterocycles. The summed E-state index contributed by atoms with van der Waals surface area (Å²) in [5.74, 6) is 1.87. The second kappa shape index (κ2) is 10.8. The summed E-state index contributed by atoms with van der Waals surface area (Å²) in [5.41, 5.74) is 1.32. The number of nitriles is 1. The van der Waals surface area contributed by atoms with E-state index in [0.29, 0.717) is 0 Å². The molecule has 19 heavy (non-hydrogen) atoms. The van der Waals surface area contributed by atoms with Crippen LogP contribution in [0.15, 0.2) is 24.3 Å². The van der Waals surface area contributed by atoms with E-state index in [2.05, 4.69) is 24.5 Å². The number of ether oxygens (including phenoxy) is 1. The third kappa shape index (κ3) is 7.79. The number of aryl methyl sites for hydroxylation is 1. The van der Waals surface area contributed by atoms with Crippen molar-refractivity contribution in [3.63, 3.8) is 0 Å². The maximum atomic E-state index is 8.43. The van der Waals surface area contributed by atoms with Crippen molar-refractivity contribution >= 4 is 11.8 Å². The highest BCUT2D eigenvalue weighted by molar-refractivity contribution is 8.03. The summed E-state index contributed by atoms with van der Waals surface area (Å²) in [6, 6.07) is 8.34. The third-order valence-electron chi connectivity index (χ3n) is 2.97. The van der Waals surface area contributed by atoms with Crippen molar-refractivity contribution in [1.82, 2.24) is 0 Å². The lowest BCUT2D eigenvalue weighted by Crippen LogP contribution is -1.97. The number of benzene rings is 1. The summed E-state index contributed by atoms with van der Waals surface area (Å²) in [7, 11) is 0. The maximum absolute atomic E-state index is 8.43. The van der Waals surface area contributed by atoms with Gasteiger partial charge in [0.1, 0.15) is 11.2 Å². The molecule has 0 radical (unpaired) electrons. The molecule has 1 aromatic carbocycles. The Hall–Kier alpha value is -1.14. The highest BCUT2D eigenvalue weighted by atomic mass is 32.2. The van der Waals surface area contributed by atoms with E-state index in [1.165, 1.54) is 36.6 Å². The molecule has 104 valence electrons. The molecule has 0 bridgehead atoms. The summed E-state index contributed by atoms with van der Waals surface area (Å²) in [4.78, 5) is 0. The highest BCUT2D eigenvalue weighted by Gasteiger charge is 1.97. The number of thioether (sulfide) groups is 1. The van der Waals surface area contributed by atoms with Crippen molar-refractivity contribution in [1.29, 1.82) is 5.26 Å². The molecule has 2 nitrogen and oxygen atoms in total. The fourth-order valence-corrected chi connectivity index (χ4v) is 2.25. The van der Waals surface area contributed by atoms with Crippen LogP contribution in [0.2, 0.25) is 0 Å². The fourth-order valence-electron chi connectivity index (χ4n) is 1.87. The molecule has 0 heterocycles. The van der Waals surface area contributed by atoms with Gasteiger partial charge in [0.15, 0.2) is 0 Å². The standard InChI is InChI=1S/C16H23NOS/c1-2-3-4-5-12-18-16-10-8-15(9-11-16)7-6-13-19-14-17/h8-11H,2-7,12-13H2,1H3. The lowest BCUT2D eigenvalue weighted by atomic mass is 10.1. The van der Waals surface area contributed by atoms with Gasteiger partial charge in [-0.25, -0.2) is 0 Å². The molecule has 0 fully saturated rings. The van der Waals surface area contributed by atoms with Gasteiger partial charge in [-0.2, -0.15) is 5.26 Å². The van der Waals surface area contributed by atoms with Gasteiger partial charge in [0.2, 0.25) is 0 Å². The van der Waals surface area contributed by atoms with Crippen molar-refractivity contribution < 1.29 is 4.74 Å². The summed E-state index contributed by atoms with van der Waals surface area (Å²) < 4.78 is 5.70. The zero-order chi connectivity index (χ0) is 13.8. The predicted octanol–water partition coefficient (Wildman–Crippen LogP) is 4.79. The van der Waals surface area contributed by atoms with E-state index in [1.807, 2.05) is 12.1 Å². The highest BCUT2D eigenvalue weighted by Crippen LogP contribution is 2.15. The van der Waals surface area contributed by atoms with Gasteiger partial charge < -0.3 is 4.74 Å². The van der Waals surface area contributed by atoms with Crippen molar-refractivity contribution in [2.45, 2.75) is 45.4 Å². The van der Waals surface area contributed by atoms with Gasteiger partial charge >= 0.3 is 0 Å². The van der Waals surface area contributed by atoms with Crippen molar-refractivity contribution in [2.75, 3.05) is 12.4 Å². The quantitative estimate of drug-likeness (QED) is 0.455. The lowest BCUT2D eigenvalue weighted by molar-refractivity contribution is 0.305. The zero-order valence-electron chi connectivity index (χ0n) is 11.7. The van der Waals surface area contributed by atoms with Gasteiger partial charge in [0, 0.05) is 5.75 Å². The minimum atomic E-state index is 0.818. The normalized spacial score (nSPS) is 10.1. The van der Waals surface area contributed by atoms with Crippen LogP contribution in [0, 0.1) is 10.7 Å². The molecule has 0 aromatic heterocycles. The molecule has 0 N–H and O–H groups in total. The SMILES string of the molecule is CCCCCCOc1ccc(CCCSC#N)cc1. The number of nitrogens with zero attached hydrogens (tertiary/aromatic N) is 1. The Morgan fingerprint density at radius 1 is 1.11 bits per heavy atom. The number of thiocyanates is 1. The van der Waals surface area contributed by atoms with E-state index in [9.17, 15) is 0 Å². The summed E-state index contributed by atoms with van der Waals surface area (Å²) >= 11 is 1.33. The number of hydrogen-bond acceptors (Lipinski definition) is 3. The summed E-state index contributed by atoms with van der Waals surface area (Å²) in [6.45, 7) is 3.03. The van der Waals surface area contributed by atoms with Crippen molar-refractivity contribution in [3.8, 4) is 11.2 Å². The fraction of sp³-hybridized carbons (Fsp3) is 0.562. The van der Waals surface area contributed by atoms with E-state index in [0.717, 1.165) is 37.4 Å². The monoisotopic (exact) mass is 277 g/mol. The first-order valence-corrected chi connectivity index (χ1v) is 8.08. The Labute approximate surface area is 121 Å². The van der Waals surface area contributed by atoms with E-state index in [4.69, 9.17) is 10.00 Å². The maximum Gasteiger partial charge on any atom is 0.133 e. The summed E-state index contributed by atoms with van der Waals surface area (Å²) in [5, 5.41) is 10.5. The third-order valence-corrected chi connectivity index (χ3v) is 3.59. The largest absolute Gasteiger partial charge is 0.494 e. The molecular weight excluding hydrogens is 254 g/mol. The molecule has 1 rings (SSSR count). The first kappa shape index (κ1) is 15.9. The molecule has 0 spiro atoms. The average Bonchev–Trinajstić information content (AvgIpc) is 2.45. The van der Waals surface area contributed by atoms with Crippen LogP contribution in [0.3, 0.4) is 0 Å². The van der Waals surface area contributed by atoms with Gasteiger partial charge in [-0.15, -0.1) is 0 Å². The average molecular weight is 277 g/mol. The van der Waals surface area contributed by atoms with Crippen LogP contribution in [0.5, 0.6) is 5.75 Å². The Morgan fingerprint density at radius 3 is 2.58 bits per heavy atom. The van der Waals surface area contributed by atoms with E-state index >= 15 is 0 Å². The molecule has 0 aliphatic carbocycles. The molecule has 0 atom stereocenters. The molecular formula is C16H23NOS. The minimum absolute atomic E-state index is 0.818. The van der Waals surface area contributed by atoms with Crippen LogP contribution in [0.25, 0.3) is 0 Å². The Bertz CT molecular complexity index is 369. The molecule has 0 aliphatic heterocycles. The number of unbranched alkanes of at least 4 members (excludes halogenated alkanes) is 3. The molecule has 0 saturated carbocycles. The van der Waals surface area contributed by atoms with Crippen molar-refractivity contribution in [2.24, 2.45) is 0 Å². The van der Waals surface area contributed by atoms with Crippen molar-refractivity contribution in [3.05, 3.63) is 29.8 Å². The predicted molar refractivity (Wildman–Crippen MR) is 82.5 cm³/mol. The van der Waals surface area contributed by atoms with E-state index in [-0.39, 0.29) is 0 Å². The second-order valence-corrected chi connectivity index (χ2v) is 5.48.